The molecule has 1 aliphatic rings. The molecule has 22 heavy (non-hydrogen) atoms. The van der Waals surface area contributed by atoms with Crippen LogP contribution in [-0.4, -0.2) is 11.7 Å². The van der Waals surface area contributed by atoms with Gasteiger partial charge in [0.25, 0.3) is 0 Å². The van der Waals surface area contributed by atoms with Crippen molar-refractivity contribution in [1.29, 1.82) is 5.26 Å². The molecule has 1 N–H and O–H groups in total. The number of nitrogens with zero attached hydrogens (tertiary/aromatic N) is 1. The van der Waals surface area contributed by atoms with Crippen molar-refractivity contribution in [1.82, 2.24) is 0 Å². The molecule has 1 atom stereocenters. The van der Waals surface area contributed by atoms with Gasteiger partial charge in [0.05, 0.1) is 16.8 Å². The normalized spacial score (nSPS) is 16.0. The van der Waals surface area contributed by atoms with E-state index >= 15 is 0 Å². The van der Waals surface area contributed by atoms with Gasteiger partial charge >= 0.3 is 0 Å². The first-order chi connectivity index (χ1) is 10.5. The van der Waals surface area contributed by atoms with Crippen molar-refractivity contribution in [3.05, 3.63) is 28.2 Å². The second kappa shape index (κ2) is 7.62. The zero-order chi connectivity index (χ0) is 16.1. The summed E-state index contributed by atoms with van der Waals surface area (Å²) in [5.74, 6) is -1.96. The minimum atomic E-state index is -1.30. The van der Waals surface area contributed by atoms with Gasteiger partial charge in [-0.3, -0.25) is 9.59 Å². The number of halogens is 2. The molecule has 6 heteroatoms. The first kappa shape index (κ1) is 16.8. The third kappa shape index (κ3) is 4.22. The summed E-state index contributed by atoms with van der Waals surface area (Å²) in [6, 6.07) is 6.40. The number of hydrogen-bond acceptors (Lipinski definition) is 3. The Balaban J connectivity index is 2.02. The van der Waals surface area contributed by atoms with Gasteiger partial charge < -0.3 is 5.32 Å². The van der Waals surface area contributed by atoms with Crippen LogP contribution in [-0.2, 0) is 9.59 Å². The third-order valence-corrected chi connectivity index (χ3v) is 4.41. The highest BCUT2D eigenvalue weighted by Crippen LogP contribution is 2.29. The van der Waals surface area contributed by atoms with E-state index < -0.39 is 11.8 Å². The molecule has 0 spiro atoms. The van der Waals surface area contributed by atoms with Crippen LogP contribution in [0.3, 0.4) is 0 Å². The number of amides is 1. The summed E-state index contributed by atoms with van der Waals surface area (Å²) < 4.78 is 0. The first-order valence-corrected chi connectivity index (χ1v) is 7.95. The van der Waals surface area contributed by atoms with Gasteiger partial charge in [-0.1, -0.05) is 48.9 Å². The smallest absolute Gasteiger partial charge is 0.249 e. The van der Waals surface area contributed by atoms with E-state index in [0.29, 0.717) is 23.0 Å². The van der Waals surface area contributed by atoms with Crippen LogP contribution in [0.5, 0.6) is 0 Å². The van der Waals surface area contributed by atoms with Crippen molar-refractivity contribution in [3.8, 4) is 6.07 Å². The molecule has 0 aliphatic heterocycles. The summed E-state index contributed by atoms with van der Waals surface area (Å²) in [5, 5.41) is 12.4. The highest BCUT2D eigenvalue weighted by Gasteiger charge is 2.29. The fourth-order valence-corrected chi connectivity index (χ4v) is 3.15. The fraction of sp³-hybridized carbons (Fsp3) is 0.438. The number of rotatable bonds is 5. The molecule has 0 bridgehead atoms. The van der Waals surface area contributed by atoms with E-state index in [1.807, 2.05) is 0 Å². The lowest BCUT2D eigenvalue weighted by molar-refractivity contribution is -0.129. The third-order valence-electron chi connectivity index (χ3n) is 3.87. The topological polar surface area (TPSA) is 70.0 Å². The summed E-state index contributed by atoms with van der Waals surface area (Å²) in [6.45, 7) is 0. The lowest BCUT2D eigenvalue weighted by Gasteiger charge is -2.13. The number of carbonyl (C=O) groups is 2. The number of benzene rings is 1. The quantitative estimate of drug-likeness (QED) is 0.817. The molecule has 0 saturated heterocycles. The van der Waals surface area contributed by atoms with Gasteiger partial charge in [-0.05, 0) is 24.1 Å². The van der Waals surface area contributed by atoms with E-state index in [1.165, 1.54) is 6.07 Å². The number of nitrogens with one attached hydrogen (secondary N) is 1. The second-order valence-corrected chi connectivity index (χ2v) is 6.34. The van der Waals surface area contributed by atoms with E-state index in [0.717, 1.165) is 25.7 Å². The molecule has 116 valence electrons. The molecule has 1 aromatic carbocycles. The van der Waals surface area contributed by atoms with Crippen LogP contribution in [0.2, 0.25) is 10.0 Å². The molecule has 1 aliphatic carbocycles. The maximum atomic E-state index is 12.2. The first-order valence-electron chi connectivity index (χ1n) is 7.19. The van der Waals surface area contributed by atoms with E-state index in [1.54, 1.807) is 18.2 Å². The van der Waals surface area contributed by atoms with Crippen LogP contribution < -0.4 is 5.32 Å². The molecular formula is C16H16Cl2N2O2. The molecule has 0 heterocycles. The van der Waals surface area contributed by atoms with Gasteiger partial charge in [0.1, 0.15) is 0 Å². The van der Waals surface area contributed by atoms with Crippen molar-refractivity contribution in [3.63, 3.8) is 0 Å². The Labute approximate surface area is 139 Å². The molecule has 0 radical (unpaired) electrons. The van der Waals surface area contributed by atoms with Gasteiger partial charge in [-0.25, -0.2) is 0 Å². The number of carbonyl (C=O) groups excluding carboxylic acids is 2. The van der Waals surface area contributed by atoms with Gasteiger partial charge in [0.2, 0.25) is 5.91 Å². The van der Waals surface area contributed by atoms with E-state index in [4.69, 9.17) is 28.5 Å². The average Bonchev–Trinajstić information content (AvgIpc) is 2.95. The largest absolute Gasteiger partial charge is 0.323 e. The second-order valence-electron chi connectivity index (χ2n) is 5.50. The molecule has 4 nitrogen and oxygen atoms in total. The van der Waals surface area contributed by atoms with Gasteiger partial charge in [-0.15, -0.1) is 0 Å². The fourth-order valence-electron chi connectivity index (χ4n) is 2.69. The highest BCUT2D eigenvalue weighted by atomic mass is 35.5. The Hall–Kier alpha value is -1.57. The van der Waals surface area contributed by atoms with Crippen LogP contribution in [0.15, 0.2) is 18.2 Å². The number of hydrogen-bond donors (Lipinski definition) is 1. The zero-order valence-electron chi connectivity index (χ0n) is 11.9. The molecule has 1 saturated carbocycles. The molecular weight excluding hydrogens is 323 g/mol. The molecule has 1 unspecified atom stereocenters. The molecule has 1 aromatic rings. The molecule has 2 rings (SSSR count). The van der Waals surface area contributed by atoms with Crippen LogP contribution in [0.25, 0.3) is 0 Å². The number of ketones is 1. The van der Waals surface area contributed by atoms with Gasteiger partial charge in [0, 0.05) is 11.4 Å². The van der Waals surface area contributed by atoms with Crippen LogP contribution in [0.4, 0.5) is 5.69 Å². The SMILES string of the molecule is N#CC(C(=O)CC1CCCC1)C(=O)Nc1ccc(Cl)cc1Cl. The maximum absolute atomic E-state index is 12.2. The highest BCUT2D eigenvalue weighted by molar-refractivity contribution is 6.36. The van der Waals surface area contributed by atoms with Crippen molar-refractivity contribution in [2.45, 2.75) is 32.1 Å². The lowest BCUT2D eigenvalue weighted by atomic mass is 9.93. The number of anilines is 1. The predicted molar refractivity (Wildman–Crippen MR) is 85.8 cm³/mol. The minimum absolute atomic E-state index is 0.265. The van der Waals surface area contributed by atoms with E-state index in [-0.39, 0.29) is 10.8 Å². The summed E-state index contributed by atoms with van der Waals surface area (Å²) in [7, 11) is 0. The van der Waals surface area contributed by atoms with E-state index in [2.05, 4.69) is 5.32 Å². The summed E-state index contributed by atoms with van der Waals surface area (Å²) >= 11 is 11.8. The predicted octanol–water partition coefficient (Wildman–Crippen LogP) is 4.22. The average molecular weight is 339 g/mol. The van der Waals surface area contributed by atoms with E-state index in [9.17, 15) is 9.59 Å². The molecule has 1 fully saturated rings. The maximum Gasteiger partial charge on any atom is 0.249 e. The van der Waals surface area contributed by atoms with Crippen LogP contribution in [0.1, 0.15) is 32.1 Å². The zero-order valence-corrected chi connectivity index (χ0v) is 13.5. The Morgan fingerprint density at radius 3 is 2.59 bits per heavy atom. The summed E-state index contributed by atoms with van der Waals surface area (Å²) in [6.07, 6.45) is 4.51. The monoisotopic (exact) mass is 338 g/mol. The number of nitriles is 1. The Kier molecular flexibility index (Phi) is 5.82. The Morgan fingerprint density at radius 1 is 1.32 bits per heavy atom. The standard InChI is InChI=1S/C16H16Cl2N2O2/c17-11-5-6-14(13(18)8-11)20-16(22)12(9-19)15(21)7-10-3-1-2-4-10/h5-6,8,10,12H,1-4,7H2,(H,20,22). The van der Waals surface area contributed by atoms with Crippen molar-refractivity contribution < 1.29 is 9.59 Å². The van der Waals surface area contributed by atoms with Crippen LogP contribution in [0, 0.1) is 23.2 Å². The summed E-state index contributed by atoms with van der Waals surface area (Å²) in [4.78, 5) is 24.3. The van der Waals surface area contributed by atoms with Gasteiger partial charge in [0.15, 0.2) is 11.7 Å². The lowest BCUT2D eigenvalue weighted by Crippen LogP contribution is -2.29. The van der Waals surface area contributed by atoms with Gasteiger partial charge in [-0.2, -0.15) is 5.26 Å². The van der Waals surface area contributed by atoms with Crippen molar-refractivity contribution in [2.24, 2.45) is 11.8 Å². The van der Waals surface area contributed by atoms with Crippen molar-refractivity contribution >= 4 is 40.6 Å². The summed E-state index contributed by atoms with van der Waals surface area (Å²) in [5.41, 5.74) is 0.338. The Bertz CT molecular complexity index is 619. The molecule has 0 aromatic heterocycles. The van der Waals surface area contributed by atoms with Crippen molar-refractivity contribution in [2.75, 3.05) is 5.32 Å². The molecule has 1 amide bonds. The minimum Gasteiger partial charge on any atom is -0.323 e. The van der Waals surface area contributed by atoms with Crippen LogP contribution >= 0.6 is 23.2 Å². The number of Topliss-reactive ketones (excluding diaryl/α,β-unsaturated/α-hetero) is 1. The Morgan fingerprint density at radius 2 is 2.00 bits per heavy atom.